The Morgan fingerprint density at radius 3 is 2.44 bits per heavy atom. The molecule has 6 nitrogen and oxygen atoms in total. The largest absolute Gasteiger partial charge is 0.351 e. The summed E-state index contributed by atoms with van der Waals surface area (Å²) in [5, 5.41) is 0. The minimum absolute atomic E-state index is 0.566. The summed E-state index contributed by atoms with van der Waals surface area (Å²) in [6.45, 7) is 1.18. The number of amides is 2. The second-order valence-corrected chi connectivity index (χ2v) is 1.18. The van der Waals surface area contributed by atoms with Crippen molar-refractivity contribution in [1.29, 1.82) is 0 Å². The molecule has 0 radical (unpaired) electrons. The molecule has 0 aromatic rings. The van der Waals surface area contributed by atoms with E-state index in [1.54, 1.807) is 0 Å². The van der Waals surface area contributed by atoms with E-state index < -0.39 is 12.0 Å². The summed E-state index contributed by atoms with van der Waals surface area (Å²) < 4.78 is 0. The van der Waals surface area contributed by atoms with Crippen LogP contribution in [0, 0.1) is 0 Å². The number of nitrogens with one attached hydrogen (secondary N) is 2. The van der Waals surface area contributed by atoms with E-state index in [0.29, 0.717) is 0 Å². The summed E-state index contributed by atoms with van der Waals surface area (Å²) in [4.78, 5) is 23.8. The maximum atomic E-state index is 9.95. The number of urea groups is 1. The Balaban J connectivity index is 3.10. The van der Waals surface area contributed by atoms with Crippen LogP contribution in [0.25, 0.3) is 0 Å². The summed E-state index contributed by atoms with van der Waals surface area (Å²) in [7, 11) is 0. The molecule has 0 saturated heterocycles. The second-order valence-electron chi connectivity index (χ2n) is 1.18. The molecule has 0 saturated carbocycles. The fourth-order valence-electron chi connectivity index (χ4n) is 0.148. The molecular weight excluding hydrogens is 126 g/mol. The van der Waals surface area contributed by atoms with E-state index in [-0.39, 0.29) is 0 Å². The molecule has 0 unspecified atom stereocenters. The molecule has 6 heteroatoms. The van der Waals surface area contributed by atoms with Crippen molar-refractivity contribution in [3.05, 3.63) is 0 Å². The Kier molecular flexibility index (Phi) is 3.14. The number of carbonyl (C=O) groups is 2. The number of rotatable bonds is 2. The predicted molar refractivity (Wildman–Crippen MR) is 27.6 cm³/mol. The lowest BCUT2D eigenvalue weighted by atomic mass is 10.8. The van der Waals surface area contributed by atoms with Crippen molar-refractivity contribution in [2.45, 2.75) is 6.92 Å². The average Bonchev–Trinajstić information content (AvgIpc) is 1.63. The molecular formula is C3H7N3O3. The van der Waals surface area contributed by atoms with E-state index in [0.717, 1.165) is 0 Å². The molecule has 2 amide bonds. The Bertz CT molecular complexity index is 109. The van der Waals surface area contributed by atoms with Crippen molar-refractivity contribution in [3.63, 3.8) is 0 Å². The molecule has 0 aliphatic carbocycles. The zero-order valence-corrected chi connectivity index (χ0v) is 4.80. The molecule has 4 N–H and O–H groups in total. The van der Waals surface area contributed by atoms with E-state index >= 15 is 0 Å². The summed E-state index contributed by atoms with van der Waals surface area (Å²) in [6, 6.07) is -0.823. The van der Waals surface area contributed by atoms with Crippen LogP contribution in [0.1, 0.15) is 6.92 Å². The highest BCUT2D eigenvalue weighted by Crippen LogP contribution is 1.62. The lowest BCUT2D eigenvalue weighted by Gasteiger charge is -2.00. The molecule has 0 atom stereocenters. The van der Waals surface area contributed by atoms with Crippen molar-refractivity contribution in [2.24, 2.45) is 5.73 Å². The highest BCUT2D eigenvalue weighted by atomic mass is 16.7. The third-order valence-electron chi connectivity index (χ3n) is 0.369. The predicted octanol–water partition coefficient (Wildman–Crippen LogP) is -1.36. The van der Waals surface area contributed by atoms with Crippen molar-refractivity contribution >= 4 is 12.0 Å². The van der Waals surface area contributed by atoms with Gasteiger partial charge >= 0.3 is 12.0 Å². The van der Waals surface area contributed by atoms with Gasteiger partial charge in [0.05, 0.1) is 0 Å². The molecule has 9 heavy (non-hydrogen) atoms. The van der Waals surface area contributed by atoms with Gasteiger partial charge in [0, 0.05) is 6.92 Å². The zero-order valence-electron chi connectivity index (χ0n) is 4.80. The Morgan fingerprint density at radius 1 is 1.56 bits per heavy atom. The van der Waals surface area contributed by atoms with Gasteiger partial charge in [-0.3, -0.25) is 4.79 Å². The molecule has 0 rings (SSSR count). The maximum Gasteiger partial charge on any atom is 0.329 e. The summed E-state index contributed by atoms with van der Waals surface area (Å²) in [5.41, 5.74) is 8.21. The first-order valence-electron chi connectivity index (χ1n) is 2.11. The molecule has 0 bridgehead atoms. The van der Waals surface area contributed by atoms with Crippen molar-refractivity contribution in [3.8, 4) is 0 Å². The van der Waals surface area contributed by atoms with E-state index in [2.05, 4.69) is 10.6 Å². The molecule has 0 aromatic heterocycles. The smallest absolute Gasteiger partial charge is 0.329 e. The van der Waals surface area contributed by atoms with Crippen LogP contribution < -0.4 is 16.7 Å². The summed E-state index contributed by atoms with van der Waals surface area (Å²) in [5.74, 6) is -0.566. The average molecular weight is 133 g/mol. The highest BCUT2D eigenvalue weighted by molar-refractivity contribution is 5.71. The minimum atomic E-state index is -0.823. The monoisotopic (exact) mass is 133 g/mol. The Morgan fingerprint density at radius 2 is 2.11 bits per heavy atom. The first-order chi connectivity index (χ1) is 4.13. The zero-order chi connectivity index (χ0) is 7.28. The quantitative estimate of drug-likeness (QED) is 0.405. The van der Waals surface area contributed by atoms with Crippen molar-refractivity contribution in [2.75, 3.05) is 0 Å². The number of hydrogen-bond acceptors (Lipinski definition) is 4. The molecule has 0 aromatic carbocycles. The number of carbonyl (C=O) groups excluding carboxylic acids is 2. The van der Waals surface area contributed by atoms with Crippen LogP contribution in [0.15, 0.2) is 0 Å². The topological polar surface area (TPSA) is 93.4 Å². The second kappa shape index (κ2) is 3.67. The highest BCUT2D eigenvalue weighted by Gasteiger charge is 1.91. The summed E-state index contributed by atoms with van der Waals surface area (Å²) >= 11 is 0. The summed E-state index contributed by atoms with van der Waals surface area (Å²) in [6.07, 6.45) is 0. The number of hydrazine groups is 1. The van der Waals surface area contributed by atoms with E-state index in [4.69, 9.17) is 0 Å². The van der Waals surface area contributed by atoms with Gasteiger partial charge in [-0.05, 0) is 0 Å². The SMILES string of the molecule is CC(=O)ONNC(N)=O. The molecule has 0 aliphatic rings. The van der Waals surface area contributed by atoms with Crippen LogP contribution in [0.2, 0.25) is 0 Å². The van der Waals surface area contributed by atoms with Gasteiger partial charge in [-0.25, -0.2) is 10.2 Å². The first kappa shape index (κ1) is 7.70. The Hall–Kier alpha value is -1.30. The van der Waals surface area contributed by atoms with Crippen LogP contribution >= 0.6 is 0 Å². The lowest BCUT2D eigenvalue weighted by Crippen LogP contribution is -2.41. The third kappa shape index (κ3) is 6.70. The van der Waals surface area contributed by atoms with E-state index in [1.807, 2.05) is 11.0 Å². The molecule has 0 aliphatic heterocycles. The van der Waals surface area contributed by atoms with Crippen LogP contribution in [-0.4, -0.2) is 12.0 Å². The first-order valence-corrected chi connectivity index (χ1v) is 2.11. The molecule has 0 spiro atoms. The normalized spacial score (nSPS) is 8.11. The van der Waals surface area contributed by atoms with Crippen LogP contribution in [-0.2, 0) is 9.63 Å². The Labute approximate surface area is 51.3 Å². The van der Waals surface area contributed by atoms with Gasteiger partial charge in [-0.1, -0.05) is 5.59 Å². The van der Waals surface area contributed by atoms with Gasteiger partial charge in [-0.2, -0.15) is 0 Å². The van der Waals surface area contributed by atoms with Crippen LogP contribution in [0.3, 0.4) is 0 Å². The van der Waals surface area contributed by atoms with Crippen molar-refractivity contribution in [1.82, 2.24) is 11.0 Å². The molecule has 52 valence electrons. The fraction of sp³-hybridized carbons (Fsp3) is 0.333. The van der Waals surface area contributed by atoms with Gasteiger partial charge < -0.3 is 10.6 Å². The minimum Gasteiger partial charge on any atom is -0.351 e. The van der Waals surface area contributed by atoms with Crippen LogP contribution in [0.4, 0.5) is 4.79 Å². The van der Waals surface area contributed by atoms with Gasteiger partial charge in [0.25, 0.3) is 0 Å². The number of hydrogen-bond donors (Lipinski definition) is 3. The molecule has 0 fully saturated rings. The van der Waals surface area contributed by atoms with E-state index in [9.17, 15) is 9.59 Å². The van der Waals surface area contributed by atoms with Gasteiger partial charge in [0.1, 0.15) is 0 Å². The standard InChI is InChI=1S/C3H7N3O3/c1-2(7)9-6-5-3(4)8/h6H,1H3,(H3,4,5,8). The van der Waals surface area contributed by atoms with Gasteiger partial charge in [0.2, 0.25) is 0 Å². The van der Waals surface area contributed by atoms with E-state index in [1.165, 1.54) is 6.92 Å². The number of nitrogens with two attached hydrogens (primary N) is 1. The lowest BCUT2D eigenvalue weighted by molar-refractivity contribution is -0.149. The third-order valence-corrected chi connectivity index (χ3v) is 0.369. The van der Waals surface area contributed by atoms with Gasteiger partial charge in [0.15, 0.2) is 0 Å². The number of primary amides is 1. The van der Waals surface area contributed by atoms with Crippen LogP contribution in [0.5, 0.6) is 0 Å². The van der Waals surface area contributed by atoms with Crippen molar-refractivity contribution < 1.29 is 14.4 Å². The maximum absolute atomic E-state index is 9.95. The van der Waals surface area contributed by atoms with Gasteiger partial charge in [-0.15, -0.1) is 0 Å². The molecule has 0 heterocycles. The fourth-order valence-corrected chi connectivity index (χ4v) is 0.148.